The molecule has 0 fully saturated rings. The zero-order valence-corrected chi connectivity index (χ0v) is 11.1. The van der Waals surface area contributed by atoms with Crippen molar-refractivity contribution in [1.29, 1.82) is 0 Å². The van der Waals surface area contributed by atoms with E-state index >= 15 is 0 Å². The molecule has 1 N–H and O–H groups in total. The number of amides is 1. The Labute approximate surface area is 104 Å². The minimum atomic E-state index is 0.0951. The maximum absolute atomic E-state index is 12.1. The summed E-state index contributed by atoms with van der Waals surface area (Å²) in [7, 11) is 1.84. The van der Waals surface area contributed by atoms with Gasteiger partial charge in [0.25, 0.3) is 0 Å². The van der Waals surface area contributed by atoms with Crippen LogP contribution in [0.1, 0.15) is 33.1 Å². The minimum absolute atomic E-state index is 0.0951. The van der Waals surface area contributed by atoms with Crippen molar-refractivity contribution in [3.63, 3.8) is 0 Å². The van der Waals surface area contributed by atoms with E-state index in [0.29, 0.717) is 13.1 Å². The first-order valence-corrected chi connectivity index (χ1v) is 6.36. The summed E-state index contributed by atoms with van der Waals surface area (Å²) in [5.41, 5.74) is 1.14. The standard InChI is InChI=1S/C13H24N2O2/c1-11(2)15(8-9-16)10-13(17)14(3)12-6-4-5-7-12/h6,11,16H,4-5,7-10H2,1-3H3. The topological polar surface area (TPSA) is 43.8 Å². The summed E-state index contributed by atoms with van der Waals surface area (Å²) < 4.78 is 0. The van der Waals surface area contributed by atoms with Crippen molar-refractivity contribution in [3.8, 4) is 0 Å². The number of aliphatic hydroxyl groups is 1. The van der Waals surface area contributed by atoms with E-state index in [1.54, 1.807) is 4.90 Å². The van der Waals surface area contributed by atoms with Gasteiger partial charge in [-0.25, -0.2) is 0 Å². The molecule has 4 heteroatoms. The second-order valence-electron chi connectivity index (χ2n) is 4.83. The second kappa shape index (κ2) is 6.77. The van der Waals surface area contributed by atoms with Crippen molar-refractivity contribution < 1.29 is 9.90 Å². The normalized spacial score (nSPS) is 15.5. The number of rotatable bonds is 6. The smallest absolute Gasteiger partial charge is 0.240 e. The molecule has 0 saturated heterocycles. The van der Waals surface area contributed by atoms with Crippen molar-refractivity contribution in [2.75, 3.05) is 26.7 Å². The van der Waals surface area contributed by atoms with Gasteiger partial charge in [-0.3, -0.25) is 9.69 Å². The number of nitrogens with zero attached hydrogens (tertiary/aromatic N) is 2. The predicted molar refractivity (Wildman–Crippen MR) is 68.5 cm³/mol. The number of allylic oxidation sites excluding steroid dienone is 2. The molecule has 0 aromatic rings. The lowest BCUT2D eigenvalue weighted by atomic mass is 10.3. The van der Waals surface area contributed by atoms with Crippen LogP contribution in [0.25, 0.3) is 0 Å². The van der Waals surface area contributed by atoms with E-state index in [9.17, 15) is 4.79 Å². The van der Waals surface area contributed by atoms with Crippen LogP contribution in [0.5, 0.6) is 0 Å². The Morgan fingerprint density at radius 1 is 1.53 bits per heavy atom. The zero-order chi connectivity index (χ0) is 12.8. The summed E-state index contributed by atoms with van der Waals surface area (Å²) >= 11 is 0. The van der Waals surface area contributed by atoms with E-state index in [2.05, 4.69) is 6.08 Å². The number of carbonyl (C=O) groups excluding carboxylic acids is 1. The van der Waals surface area contributed by atoms with Crippen LogP contribution < -0.4 is 0 Å². The molecule has 0 aliphatic heterocycles. The van der Waals surface area contributed by atoms with Gasteiger partial charge in [0.1, 0.15) is 0 Å². The number of hydrogen-bond acceptors (Lipinski definition) is 3. The highest BCUT2D eigenvalue weighted by Gasteiger charge is 2.19. The highest BCUT2D eigenvalue weighted by atomic mass is 16.3. The maximum Gasteiger partial charge on any atom is 0.240 e. The molecule has 0 radical (unpaired) electrons. The van der Waals surface area contributed by atoms with Gasteiger partial charge in [0.15, 0.2) is 0 Å². The molecule has 1 aliphatic carbocycles. The van der Waals surface area contributed by atoms with Crippen molar-refractivity contribution >= 4 is 5.91 Å². The molecule has 0 heterocycles. The van der Waals surface area contributed by atoms with Gasteiger partial charge in [0.05, 0.1) is 13.2 Å². The molecule has 0 atom stereocenters. The molecular formula is C13H24N2O2. The summed E-state index contributed by atoms with van der Waals surface area (Å²) in [6.07, 6.45) is 5.38. The van der Waals surface area contributed by atoms with E-state index in [4.69, 9.17) is 5.11 Å². The Morgan fingerprint density at radius 3 is 2.71 bits per heavy atom. The summed E-state index contributed by atoms with van der Waals surface area (Å²) in [6, 6.07) is 0.275. The molecule has 17 heavy (non-hydrogen) atoms. The van der Waals surface area contributed by atoms with Gasteiger partial charge in [-0.15, -0.1) is 0 Å². The molecule has 4 nitrogen and oxygen atoms in total. The van der Waals surface area contributed by atoms with E-state index in [-0.39, 0.29) is 18.6 Å². The molecule has 98 valence electrons. The van der Waals surface area contributed by atoms with Crippen LogP contribution in [0.2, 0.25) is 0 Å². The molecule has 1 rings (SSSR count). The molecule has 0 aromatic carbocycles. The van der Waals surface area contributed by atoms with Crippen molar-refractivity contribution in [1.82, 2.24) is 9.80 Å². The first-order chi connectivity index (χ1) is 8.06. The van der Waals surface area contributed by atoms with E-state index in [1.165, 1.54) is 0 Å². The fourth-order valence-electron chi connectivity index (χ4n) is 2.05. The molecule has 0 spiro atoms. The summed E-state index contributed by atoms with van der Waals surface area (Å²) in [5.74, 6) is 0.111. The lowest BCUT2D eigenvalue weighted by Crippen LogP contribution is -2.42. The van der Waals surface area contributed by atoms with E-state index in [1.807, 2.05) is 25.8 Å². The summed E-state index contributed by atoms with van der Waals surface area (Å²) in [6.45, 7) is 5.11. The minimum Gasteiger partial charge on any atom is -0.395 e. The van der Waals surface area contributed by atoms with Gasteiger partial charge in [-0.2, -0.15) is 0 Å². The molecule has 1 amide bonds. The monoisotopic (exact) mass is 240 g/mol. The third-order valence-corrected chi connectivity index (χ3v) is 3.28. The summed E-state index contributed by atoms with van der Waals surface area (Å²) in [4.78, 5) is 15.8. The van der Waals surface area contributed by atoms with Crippen LogP contribution >= 0.6 is 0 Å². The van der Waals surface area contributed by atoms with Crippen molar-refractivity contribution in [2.45, 2.75) is 39.2 Å². The molecule has 0 saturated carbocycles. The van der Waals surface area contributed by atoms with Crippen molar-refractivity contribution in [3.05, 3.63) is 11.8 Å². The van der Waals surface area contributed by atoms with E-state index in [0.717, 1.165) is 25.0 Å². The molecule has 0 bridgehead atoms. The molecule has 0 unspecified atom stereocenters. The van der Waals surface area contributed by atoms with Crippen molar-refractivity contribution in [2.24, 2.45) is 0 Å². The second-order valence-corrected chi connectivity index (χ2v) is 4.83. The molecule has 0 aromatic heterocycles. The van der Waals surface area contributed by atoms with Gasteiger partial charge in [-0.1, -0.05) is 6.08 Å². The third-order valence-electron chi connectivity index (χ3n) is 3.28. The van der Waals surface area contributed by atoms with Gasteiger partial charge >= 0.3 is 0 Å². The SMILES string of the molecule is CC(C)N(CCO)CC(=O)N(C)C1=CCCC1. The van der Waals surface area contributed by atoms with Crippen LogP contribution in [0.15, 0.2) is 11.8 Å². The number of aliphatic hydroxyl groups excluding tert-OH is 1. The average Bonchev–Trinajstić information content (AvgIpc) is 2.80. The van der Waals surface area contributed by atoms with Gasteiger partial charge < -0.3 is 10.0 Å². The lowest BCUT2D eigenvalue weighted by molar-refractivity contribution is -0.130. The fourth-order valence-corrected chi connectivity index (χ4v) is 2.05. The Hall–Kier alpha value is -0.870. The van der Waals surface area contributed by atoms with Gasteiger partial charge in [0.2, 0.25) is 5.91 Å². The Kier molecular flexibility index (Phi) is 5.65. The quantitative estimate of drug-likeness (QED) is 0.759. The van der Waals surface area contributed by atoms with Gasteiger partial charge in [0, 0.05) is 25.3 Å². The van der Waals surface area contributed by atoms with Crippen LogP contribution in [-0.4, -0.2) is 53.6 Å². The summed E-state index contributed by atoms with van der Waals surface area (Å²) in [5, 5.41) is 8.97. The van der Waals surface area contributed by atoms with Crippen LogP contribution in [0.4, 0.5) is 0 Å². The highest BCUT2D eigenvalue weighted by Crippen LogP contribution is 2.20. The maximum atomic E-state index is 12.1. The fraction of sp³-hybridized carbons (Fsp3) is 0.769. The van der Waals surface area contributed by atoms with Gasteiger partial charge in [-0.05, 0) is 33.1 Å². The van der Waals surface area contributed by atoms with Crippen LogP contribution in [0, 0.1) is 0 Å². The first-order valence-electron chi connectivity index (χ1n) is 6.36. The Morgan fingerprint density at radius 2 is 2.24 bits per heavy atom. The lowest BCUT2D eigenvalue weighted by Gasteiger charge is -2.28. The van der Waals surface area contributed by atoms with E-state index < -0.39 is 0 Å². The third kappa shape index (κ3) is 4.13. The van der Waals surface area contributed by atoms with Crippen LogP contribution in [-0.2, 0) is 4.79 Å². The first kappa shape index (κ1) is 14.2. The predicted octanol–water partition coefficient (Wildman–Crippen LogP) is 1.22. The largest absolute Gasteiger partial charge is 0.395 e. The molecule has 1 aliphatic rings. The Bertz CT molecular complexity index is 287. The molecular weight excluding hydrogens is 216 g/mol. The number of hydrogen-bond donors (Lipinski definition) is 1. The average molecular weight is 240 g/mol. The zero-order valence-electron chi connectivity index (χ0n) is 11.1. The highest BCUT2D eigenvalue weighted by molar-refractivity contribution is 5.79. The number of carbonyl (C=O) groups is 1. The van der Waals surface area contributed by atoms with Crippen LogP contribution in [0.3, 0.4) is 0 Å². The Balaban J connectivity index is 2.51. The number of likely N-dealkylation sites (N-methyl/N-ethyl adjacent to an activating group) is 1.